The molecule has 6 heteroatoms. The number of cyclic esters (lactones) is 1. The van der Waals surface area contributed by atoms with Gasteiger partial charge in [-0.15, -0.1) is 0 Å². The molecular formula is C32H48O4Si2. The van der Waals surface area contributed by atoms with Crippen LogP contribution in [0, 0.1) is 0 Å². The van der Waals surface area contributed by atoms with Crippen LogP contribution in [-0.4, -0.2) is 41.4 Å². The zero-order valence-corrected chi connectivity index (χ0v) is 26.4. The van der Waals surface area contributed by atoms with Crippen molar-refractivity contribution in [1.29, 1.82) is 0 Å². The summed E-state index contributed by atoms with van der Waals surface area (Å²) in [6, 6.07) is 24.8. The van der Waals surface area contributed by atoms with Crippen LogP contribution >= 0.6 is 0 Å². The highest BCUT2D eigenvalue weighted by molar-refractivity contribution is 6.99. The van der Waals surface area contributed by atoms with Gasteiger partial charge in [-0.25, -0.2) is 0 Å². The second kappa shape index (κ2) is 13.9. The third kappa shape index (κ3) is 7.35. The number of ether oxygens (including phenoxy) is 1. The lowest BCUT2D eigenvalue weighted by atomic mass is 10.1. The smallest absolute Gasteiger partial charge is 0.308 e. The molecule has 1 aliphatic heterocycles. The number of hydrogen-bond acceptors (Lipinski definition) is 4. The van der Waals surface area contributed by atoms with Crippen LogP contribution in [0.25, 0.3) is 0 Å². The van der Waals surface area contributed by atoms with E-state index in [9.17, 15) is 4.79 Å². The van der Waals surface area contributed by atoms with Gasteiger partial charge in [-0.05, 0) is 52.5 Å². The molecule has 208 valence electrons. The molecule has 0 N–H and O–H groups in total. The van der Waals surface area contributed by atoms with Crippen molar-refractivity contribution in [2.24, 2.45) is 0 Å². The van der Waals surface area contributed by atoms with E-state index < -0.39 is 16.6 Å². The average molecular weight is 553 g/mol. The van der Waals surface area contributed by atoms with Crippen molar-refractivity contribution >= 4 is 33.0 Å². The van der Waals surface area contributed by atoms with Crippen molar-refractivity contribution in [3.63, 3.8) is 0 Å². The fourth-order valence-corrected chi connectivity index (χ4v) is 13.3. The van der Waals surface area contributed by atoms with E-state index in [0.717, 1.165) is 37.4 Å². The van der Waals surface area contributed by atoms with Crippen molar-refractivity contribution < 1.29 is 18.4 Å². The first kappa shape index (κ1) is 30.5. The van der Waals surface area contributed by atoms with E-state index in [1.165, 1.54) is 10.4 Å². The van der Waals surface area contributed by atoms with Crippen molar-refractivity contribution in [2.45, 2.75) is 103 Å². The molecule has 0 unspecified atom stereocenters. The van der Waals surface area contributed by atoms with Crippen LogP contribution in [0.5, 0.6) is 0 Å². The molecule has 0 bridgehead atoms. The number of allylic oxidation sites excluding steroid dienone is 1. The number of rotatable bonds is 13. The van der Waals surface area contributed by atoms with E-state index >= 15 is 0 Å². The van der Waals surface area contributed by atoms with Crippen LogP contribution < -0.4 is 10.4 Å². The molecule has 0 radical (unpaired) electrons. The van der Waals surface area contributed by atoms with Crippen LogP contribution in [0.15, 0.2) is 72.8 Å². The molecule has 1 heterocycles. The number of benzene rings is 2. The molecule has 4 nitrogen and oxygen atoms in total. The average Bonchev–Trinajstić information content (AvgIpc) is 2.91. The minimum Gasteiger partial charge on any atom is -0.458 e. The van der Waals surface area contributed by atoms with Crippen LogP contribution in [0.2, 0.25) is 23.2 Å². The van der Waals surface area contributed by atoms with Crippen LogP contribution in [0.3, 0.4) is 0 Å². The van der Waals surface area contributed by atoms with Gasteiger partial charge in [-0.1, -0.05) is 108 Å². The highest BCUT2D eigenvalue weighted by atomic mass is 28.4. The Bertz CT molecular complexity index is 965. The fraction of sp³-hybridized carbons (Fsp3) is 0.531. The van der Waals surface area contributed by atoms with Gasteiger partial charge in [0.25, 0.3) is 8.32 Å². The summed E-state index contributed by atoms with van der Waals surface area (Å²) >= 11 is 0. The Morgan fingerprint density at radius 3 is 1.97 bits per heavy atom. The summed E-state index contributed by atoms with van der Waals surface area (Å²) in [6.07, 6.45) is 6.94. The van der Waals surface area contributed by atoms with E-state index in [0.29, 0.717) is 13.0 Å². The van der Waals surface area contributed by atoms with E-state index in [-0.39, 0.29) is 23.2 Å². The molecule has 2 aromatic carbocycles. The third-order valence-electron chi connectivity index (χ3n) is 8.12. The molecule has 3 rings (SSSR count). The SMILES string of the molecule is CC[Si](CC)(CC)O[C@@H]1CC(=O)O[C@H](/C=C/CCCO[Si](c2ccccc2)(c2ccccc2)C(C)(C)C)C1. The monoisotopic (exact) mass is 552 g/mol. The molecule has 0 saturated carbocycles. The summed E-state index contributed by atoms with van der Waals surface area (Å²) in [4.78, 5) is 12.3. The summed E-state index contributed by atoms with van der Waals surface area (Å²) in [5, 5.41) is 2.59. The van der Waals surface area contributed by atoms with Gasteiger partial charge in [-0.2, -0.15) is 0 Å². The minimum absolute atomic E-state index is 0.0177. The summed E-state index contributed by atoms with van der Waals surface area (Å²) in [6.45, 7) is 14.3. The Labute approximate surface area is 233 Å². The Morgan fingerprint density at radius 2 is 1.47 bits per heavy atom. The molecule has 0 spiro atoms. The summed E-state index contributed by atoms with van der Waals surface area (Å²) in [5.41, 5.74) is 0. The van der Waals surface area contributed by atoms with Crippen LogP contribution in [0.1, 0.15) is 67.2 Å². The maximum Gasteiger partial charge on any atom is 0.308 e. The highest BCUT2D eigenvalue weighted by Crippen LogP contribution is 2.37. The molecule has 1 aliphatic rings. The predicted molar refractivity (Wildman–Crippen MR) is 163 cm³/mol. The van der Waals surface area contributed by atoms with E-state index in [2.05, 4.69) is 114 Å². The Kier molecular flexibility index (Phi) is 11.2. The molecule has 0 aromatic heterocycles. The second-order valence-corrected chi connectivity index (χ2v) is 20.6. The first-order chi connectivity index (χ1) is 18.2. The summed E-state index contributed by atoms with van der Waals surface area (Å²) < 4.78 is 19.2. The molecular weight excluding hydrogens is 505 g/mol. The lowest BCUT2D eigenvalue weighted by Crippen LogP contribution is -2.66. The molecule has 2 atom stereocenters. The third-order valence-corrected chi connectivity index (χ3v) is 17.9. The Morgan fingerprint density at radius 1 is 0.921 bits per heavy atom. The molecule has 2 aromatic rings. The number of hydrogen-bond donors (Lipinski definition) is 0. The minimum atomic E-state index is -2.50. The van der Waals surface area contributed by atoms with E-state index in [1.54, 1.807) is 0 Å². The topological polar surface area (TPSA) is 44.8 Å². The van der Waals surface area contributed by atoms with Gasteiger partial charge in [0.2, 0.25) is 0 Å². The predicted octanol–water partition coefficient (Wildman–Crippen LogP) is 7.00. The first-order valence-corrected chi connectivity index (χ1v) is 18.9. The van der Waals surface area contributed by atoms with Crippen molar-refractivity contribution in [2.75, 3.05) is 6.61 Å². The van der Waals surface area contributed by atoms with Gasteiger partial charge >= 0.3 is 5.97 Å². The normalized spacial score (nSPS) is 19.1. The maximum atomic E-state index is 12.3. The largest absolute Gasteiger partial charge is 0.458 e. The van der Waals surface area contributed by atoms with Gasteiger partial charge < -0.3 is 13.6 Å². The molecule has 1 fully saturated rings. The highest BCUT2D eigenvalue weighted by Gasteiger charge is 2.49. The molecule has 38 heavy (non-hydrogen) atoms. The standard InChI is InChI=1S/C32H48O4Si2/c1-7-37(8-2,9-3)36-28-25-27(35-31(33)26-28)19-13-12-18-24-34-38(32(4,5)6,29-20-14-10-15-21-29)30-22-16-11-17-23-30/h10-11,13-17,19-23,27-28H,7-9,12,18,24-26H2,1-6H3/b19-13+/t27-,28+/m1/s1. The first-order valence-electron chi connectivity index (χ1n) is 14.5. The zero-order chi connectivity index (χ0) is 27.7. The van der Waals surface area contributed by atoms with E-state index in [4.69, 9.17) is 13.6 Å². The fourth-order valence-electron chi connectivity index (χ4n) is 5.79. The van der Waals surface area contributed by atoms with Gasteiger partial charge in [0.1, 0.15) is 6.10 Å². The quantitative estimate of drug-likeness (QED) is 0.116. The van der Waals surface area contributed by atoms with Crippen molar-refractivity contribution in [3.8, 4) is 0 Å². The maximum absolute atomic E-state index is 12.3. The lowest BCUT2D eigenvalue weighted by Gasteiger charge is -2.43. The number of carbonyl (C=O) groups is 1. The Hall–Kier alpha value is -2.00. The zero-order valence-electron chi connectivity index (χ0n) is 24.4. The van der Waals surface area contributed by atoms with Gasteiger partial charge in [0.05, 0.1) is 12.5 Å². The number of esters is 1. The second-order valence-electron chi connectivity index (χ2n) is 11.5. The summed E-state index contributed by atoms with van der Waals surface area (Å²) in [5.74, 6) is -0.142. The van der Waals surface area contributed by atoms with Crippen LogP contribution in [-0.2, 0) is 18.4 Å². The number of unbranched alkanes of at least 4 members (excludes halogenated alkanes) is 1. The van der Waals surface area contributed by atoms with Crippen molar-refractivity contribution in [1.82, 2.24) is 0 Å². The molecule has 1 saturated heterocycles. The molecule has 0 amide bonds. The van der Waals surface area contributed by atoms with Crippen molar-refractivity contribution in [3.05, 3.63) is 72.8 Å². The lowest BCUT2D eigenvalue weighted by molar-refractivity contribution is -0.155. The number of carbonyl (C=O) groups excluding carboxylic acids is 1. The Balaban J connectivity index is 1.63. The van der Waals surface area contributed by atoms with E-state index in [1.807, 2.05) is 0 Å². The van der Waals surface area contributed by atoms with Gasteiger partial charge in [0.15, 0.2) is 8.32 Å². The van der Waals surface area contributed by atoms with Gasteiger partial charge in [0, 0.05) is 13.0 Å². The van der Waals surface area contributed by atoms with Crippen LogP contribution in [0.4, 0.5) is 0 Å². The summed E-state index contributed by atoms with van der Waals surface area (Å²) in [7, 11) is -4.25. The van der Waals surface area contributed by atoms with Gasteiger partial charge in [-0.3, -0.25) is 4.79 Å². The molecule has 0 aliphatic carbocycles.